The molecule has 0 saturated heterocycles. The van der Waals surface area contributed by atoms with E-state index in [9.17, 15) is 4.79 Å². The van der Waals surface area contributed by atoms with E-state index in [4.69, 9.17) is 0 Å². The molecule has 0 radical (unpaired) electrons. The van der Waals surface area contributed by atoms with Crippen LogP contribution in [0.5, 0.6) is 0 Å². The van der Waals surface area contributed by atoms with E-state index >= 15 is 0 Å². The highest BCUT2D eigenvalue weighted by Crippen LogP contribution is 2.23. The van der Waals surface area contributed by atoms with Crippen molar-refractivity contribution in [2.75, 3.05) is 5.32 Å². The molecule has 0 fully saturated rings. The third-order valence-electron chi connectivity index (χ3n) is 4.47. The summed E-state index contributed by atoms with van der Waals surface area (Å²) in [4.78, 5) is 17.1. The van der Waals surface area contributed by atoms with Crippen LogP contribution in [0.4, 0.5) is 5.69 Å². The standard InChI is InChI=1S/C21H22N2O/c1-4-16-9-11-17(12-10-16)23-21(24)13-19-14(2)18-7-5-6-8-20(18)22-15(19)3/h5-12H,4,13H2,1-3H3,(H,23,24). The summed E-state index contributed by atoms with van der Waals surface area (Å²) in [7, 11) is 0. The van der Waals surface area contributed by atoms with Gasteiger partial charge in [-0.25, -0.2) is 0 Å². The summed E-state index contributed by atoms with van der Waals surface area (Å²) in [5.74, 6) is -0.0115. The van der Waals surface area contributed by atoms with Gasteiger partial charge in [0.05, 0.1) is 11.9 Å². The third-order valence-corrected chi connectivity index (χ3v) is 4.47. The summed E-state index contributed by atoms with van der Waals surface area (Å²) in [6.45, 7) is 6.15. The molecule has 3 heteroatoms. The van der Waals surface area contributed by atoms with Crippen molar-refractivity contribution in [3.8, 4) is 0 Å². The van der Waals surface area contributed by atoms with Gasteiger partial charge in [-0.3, -0.25) is 9.78 Å². The fraction of sp³-hybridized carbons (Fsp3) is 0.238. The minimum Gasteiger partial charge on any atom is -0.326 e. The number of nitrogens with zero attached hydrogens (tertiary/aromatic N) is 1. The topological polar surface area (TPSA) is 42.0 Å². The monoisotopic (exact) mass is 318 g/mol. The van der Waals surface area contributed by atoms with Gasteiger partial charge in [0, 0.05) is 16.8 Å². The number of aromatic nitrogens is 1. The summed E-state index contributed by atoms with van der Waals surface area (Å²) in [5, 5.41) is 4.09. The van der Waals surface area contributed by atoms with Gasteiger partial charge < -0.3 is 5.32 Å². The fourth-order valence-corrected chi connectivity index (χ4v) is 3.02. The highest BCUT2D eigenvalue weighted by atomic mass is 16.1. The van der Waals surface area contributed by atoms with Gasteiger partial charge in [-0.15, -0.1) is 0 Å². The number of hydrogen-bond donors (Lipinski definition) is 1. The van der Waals surface area contributed by atoms with Crippen LogP contribution in [-0.2, 0) is 17.6 Å². The number of carbonyl (C=O) groups excluding carboxylic acids is 1. The largest absolute Gasteiger partial charge is 0.326 e. The van der Waals surface area contributed by atoms with E-state index in [1.807, 2.05) is 49.4 Å². The molecule has 0 spiro atoms. The Morgan fingerprint density at radius 3 is 2.46 bits per heavy atom. The van der Waals surface area contributed by atoms with Crippen molar-refractivity contribution < 1.29 is 4.79 Å². The Kier molecular flexibility index (Phi) is 4.61. The maximum Gasteiger partial charge on any atom is 0.228 e. The molecule has 24 heavy (non-hydrogen) atoms. The van der Waals surface area contributed by atoms with E-state index in [2.05, 4.69) is 30.2 Å². The summed E-state index contributed by atoms with van der Waals surface area (Å²) in [6.07, 6.45) is 1.33. The van der Waals surface area contributed by atoms with Crippen molar-refractivity contribution in [1.82, 2.24) is 4.98 Å². The molecule has 1 N–H and O–H groups in total. The van der Waals surface area contributed by atoms with Crippen molar-refractivity contribution in [3.63, 3.8) is 0 Å². The predicted molar refractivity (Wildman–Crippen MR) is 99.4 cm³/mol. The molecule has 1 aromatic heterocycles. The molecule has 1 heterocycles. The number of amides is 1. The van der Waals surface area contributed by atoms with Gasteiger partial charge >= 0.3 is 0 Å². The Hall–Kier alpha value is -2.68. The molecule has 1 amide bonds. The molecular formula is C21H22N2O. The van der Waals surface area contributed by atoms with Crippen molar-refractivity contribution >= 4 is 22.5 Å². The number of anilines is 1. The van der Waals surface area contributed by atoms with E-state index in [0.717, 1.165) is 39.8 Å². The van der Waals surface area contributed by atoms with Crippen LogP contribution in [0.25, 0.3) is 10.9 Å². The Morgan fingerprint density at radius 1 is 1.04 bits per heavy atom. The lowest BCUT2D eigenvalue weighted by molar-refractivity contribution is -0.115. The first-order chi connectivity index (χ1) is 11.6. The zero-order valence-electron chi connectivity index (χ0n) is 14.4. The van der Waals surface area contributed by atoms with E-state index < -0.39 is 0 Å². The molecular weight excluding hydrogens is 296 g/mol. The van der Waals surface area contributed by atoms with Gasteiger partial charge in [-0.1, -0.05) is 37.3 Å². The number of nitrogens with one attached hydrogen (secondary N) is 1. The molecule has 0 bridgehead atoms. The number of fused-ring (bicyclic) bond motifs is 1. The lowest BCUT2D eigenvalue weighted by atomic mass is 9.99. The first-order valence-electron chi connectivity index (χ1n) is 8.32. The quantitative estimate of drug-likeness (QED) is 0.764. The van der Waals surface area contributed by atoms with Gasteiger partial charge in [-0.05, 0) is 55.2 Å². The van der Waals surface area contributed by atoms with Crippen LogP contribution in [0, 0.1) is 13.8 Å². The second-order valence-electron chi connectivity index (χ2n) is 6.09. The van der Waals surface area contributed by atoms with Crippen LogP contribution in [0.3, 0.4) is 0 Å². The number of rotatable bonds is 4. The molecule has 3 rings (SSSR count). The SMILES string of the molecule is CCc1ccc(NC(=O)Cc2c(C)nc3ccccc3c2C)cc1. The Bertz CT molecular complexity index is 882. The van der Waals surface area contributed by atoms with Crippen molar-refractivity contribution in [1.29, 1.82) is 0 Å². The molecule has 0 aliphatic heterocycles. The second kappa shape index (κ2) is 6.83. The molecule has 3 nitrogen and oxygen atoms in total. The van der Waals surface area contributed by atoms with Gasteiger partial charge in [0.2, 0.25) is 5.91 Å². The lowest BCUT2D eigenvalue weighted by Crippen LogP contribution is -2.16. The van der Waals surface area contributed by atoms with E-state index in [0.29, 0.717) is 6.42 Å². The van der Waals surface area contributed by atoms with Gasteiger partial charge in [0.15, 0.2) is 0 Å². The van der Waals surface area contributed by atoms with Crippen LogP contribution in [0.15, 0.2) is 48.5 Å². The summed E-state index contributed by atoms with van der Waals surface area (Å²) >= 11 is 0. The number of carbonyl (C=O) groups is 1. The fourth-order valence-electron chi connectivity index (χ4n) is 3.02. The second-order valence-corrected chi connectivity index (χ2v) is 6.09. The number of aryl methyl sites for hydroxylation is 3. The number of para-hydroxylation sites is 1. The summed E-state index contributed by atoms with van der Waals surface area (Å²) < 4.78 is 0. The third kappa shape index (κ3) is 3.30. The van der Waals surface area contributed by atoms with Crippen molar-refractivity contribution in [2.24, 2.45) is 0 Å². The first kappa shape index (κ1) is 16.2. The number of benzene rings is 2. The van der Waals surface area contributed by atoms with Crippen LogP contribution in [-0.4, -0.2) is 10.9 Å². The summed E-state index contributed by atoms with van der Waals surface area (Å²) in [6, 6.07) is 16.1. The predicted octanol–water partition coefficient (Wildman–Crippen LogP) is 4.60. The molecule has 2 aromatic carbocycles. The van der Waals surface area contributed by atoms with Gasteiger partial charge in [0.1, 0.15) is 0 Å². The molecule has 0 aliphatic rings. The minimum absolute atomic E-state index is 0.0115. The Morgan fingerprint density at radius 2 is 1.75 bits per heavy atom. The van der Waals surface area contributed by atoms with Crippen LogP contribution >= 0.6 is 0 Å². The average molecular weight is 318 g/mol. The Labute approximate surface area is 142 Å². The van der Waals surface area contributed by atoms with Gasteiger partial charge in [0.25, 0.3) is 0 Å². The van der Waals surface area contributed by atoms with E-state index in [1.54, 1.807) is 0 Å². The zero-order valence-corrected chi connectivity index (χ0v) is 14.4. The lowest BCUT2D eigenvalue weighted by Gasteiger charge is -2.13. The first-order valence-corrected chi connectivity index (χ1v) is 8.32. The smallest absolute Gasteiger partial charge is 0.228 e. The highest BCUT2D eigenvalue weighted by Gasteiger charge is 2.13. The van der Waals surface area contributed by atoms with Crippen LogP contribution < -0.4 is 5.32 Å². The normalized spacial score (nSPS) is 10.8. The minimum atomic E-state index is -0.0115. The Balaban J connectivity index is 1.82. The molecule has 122 valence electrons. The molecule has 0 atom stereocenters. The molecule has 0 aliphatic carbocycles. The van der Waals surface area contributed by atoms with Gasteiger partial charge in [-0.2, -0.15) is 0 Å². The van der Waals surface area contributed by atoms with Crippen molar-refractivity contribution in [3.05, 3.63) is 70.9 Å². The maximum atomic E-state index is 12.4. The van der Waals surface area contributed by atoms with E-state index in [-0.39, 0.29) is 5.91 Å². The summed E-state index contributed by atoms with van der Waals surface area (Å²) in [5.41, 5.74) is 6.14. The maximum absolute atomic E-state index is 12.4. The molecule has 0 saturated carbocycles. The highest BCUT2D eigenvalue weighted by molar-refractivity contribution is 5.94. The molecule has 0 unspecified atom stereocenters. The number of pyridine rings is 1. The van der Waals surface area contributed by atoms with E-state index in [1.165, 1.54) is 5.56 Å². The molecule has 3 aromatic rings. The number of hydrogen-bond acceptors (Lipinski definition) is 2. The zero-order chi connectivity index (χ0) is 17.1. The average Bonchev–Trinajstić information content (AvgIpc) is 2.59. The van der Waals surface area contributed by atoms with Crippen molar-refractivity contribution in [2.45, 2.75) is 33.6 Å². The van der Waals surface area contributed by atoms with Crippen LogP contribution in [0.1, 0.15) is 29.3 Å². The van der Waals surface area contributed by atoms with Crippen LogP contribution in [0.2, 0.25) is 0 Å².